The van der Waals surface area contributed by atoms with Gasteiger partial charge in [0.15, 0.2) is 5.96 Å². The predicted molar refractivity (Wildman–Crippen MR) is 102 cm³/mol. The van der Waals surface area contributed by atoms with Gasteiger partial charge in [-0.3, -0.25) is 4.99 Å². The van der Waals surface area contributed by atoms with Crippen molar-refractivity contribution < 1.29 is 4.74 Å². The van der Waals surface area contributed by atoms with Crippen molar-refractivity contribution in [3.05, 3.63) is 35.0 Å². The van der Waals surface area contributed by atoms with E-state index in [0.717, 1.165) is 55.8 Å². The molecule has 2 saturated heterocycles. The Kier molecular flexibility index (Phi) is 4.61. The Balaban J connectivity index is 1.36. The summed E-state index contributed by atoms with van der Waals surface area (Å²) in [6.45, 7) is 4.77. The average Bonchev–Trinajstić information content (AvgIpc) is 3.34. The number of aromatic amines is 1. The van der Waals surface area contributed by atoms with Crippen LogP contribution >= 0.6 is 11.6 Å². The molecule has 3 heterocycles. The quantitative estimate of drug-likeness (QED) is 0.653. The fourth-order valence-corrected chi connectivity index (χ4v) is 4.26. The number of aromatic nitrogens is 1. The first kappa shape index (κ1) is 16.7. The molecule has 2 aliphatic rings. The van der Waals surface area contributed by atoms with E-state index in [9.17, 15) is 0 Å². The van der Waals surface area contributed by atoms with Crippen molar-refractivity contribution in [1.82, 2.24) is 15.2 Å². The summed E-state index contributed by atoms with van der Waals surface area (Å²) in [5.74, 6) is 1.00. The van der Waals surface area contributed by atoms with Crippen molar-refractivity contribution >= 4 is 28.5 Å². The lowest BCUT2D eigenvalue weighted by atomic mass is 9.87. The summed E-state index contributed by atoms with van der Waals surface area (Å²) < 4.78 is 5.62. The van der Waals surface area contributed by atoms with Crippen molar-refractivity contribution in [3.8, 4) is 0 Å². The number of ether oxygens (including phenoxy) is 1. The number of aliphatic imine (C=N–C) groups is 1. The minimum absolute atomic E-state index is 0.352. The summed E-state index contributed by atoms with van der Waals surface area (Å²) >= 11 is 6.13. The Bertz CT molecular complexity index is 779. The summed E-state index contributed by atoms with van der Waals surface area (Å²) in [5, 5.41) is 5.50. The van der Waals surface area contributed by atoms with E-state index >= 15 is 0 Å². The highest BCUT2D eigenvalue weighted by molar-refractivity contribution is 6.31. The van der Waals surface area contributed by atoms with Crippen molar-refractivity contribution in [3.63, 3.8) is 0 Å². The molecule has 1 atom stereocenters. The van der Waals surface area contributed by atoms with Crippen LogP contribution in [0.15, 0.2) is 29.4 Å². The van der Waals surface area contributed by atoms with Gasteiger partial charge in [-0.2, -0.15) is 0 Å². The second kappa shape index (κ2) is 6.89. The van der Waals surface area contributed by atoms with Gasteiger partial charge in [-0.15, -0.1) is 0 Å². The Morgan fingerprint density at radius 3 is 3.16 bits per heavy atom. The van der Waals surface area contributed by atoms with Crippen LogP contribution in [0.5, 0.6) is 0 Å². The van der Waals surface area contributed by atoms with Gasteiger partial charge in [-0.1, -0.05) is 11.6 Å². The predicted octanol–water partition coefficient (Wildman–Crippen LogP) is 3.05. The van der Waals surface area contributed by atoms with Crippen molar-refractivity contribution in [1.29, 1.82) is 0 Å². The second-order valence-corrected chi connectivity index (χ2v) is 7.64. The monoisotopic (exact) mass is 360 g/mol. The fraction of sp³-hybridized carbons (Fsp3) is 0.526. The molecule has 4 rings (SSSR count). The smallest absolute Gasteiger partial charge is 0.193 e. The maximum absolute atomic E-state index is 6.13. The topological polar surface area (TPSA) is 52.7 Å². The molecule has 0 bridgehead atoms. The summed E-state index contributed by atoms with van der Waals surface area (Å²) in [7, 11) is 1.87. The highest BCUT2D eigenvalue weighted by Gasteiger charge is 2.42. The van der Waals surface area contributed by atoms with Gasteiger partial charge in [-0.25, -0.2) is 0 Å². The lowest BCUT2D eigenvalue weighted by Gasteiger charge is -2.24. The number of nitrogens with one attached hydrogen (secondary N) is 2. The molecule has 0 saturated carbocycles. The minimum Gasteiger partial charge on any atom is -0.381 e. The first-order valence-corrected chi connectivity index (χ1v) is 9.36. The van der Waals surface area contributed by atoms with Crippen LogP contribution in [0.2, 0.25) is 5.02 Å². The van der Waals surface area contributed by atoms with E-state index in [-0.39, 0.29) is 0 Å². The highest BCUT2D eigenvalue weighted by atomic mass is 35.5. The largest absolute Gasteiger partial charge is 0.381 e. The van der Waals surface area contributed by atoms with Gasteiger partial charge in [0.25, 0.3) is 0 Å². The van der Waals surface area contributed by atoms with Crippen molar-refractivity contribution in [2.24, 2.45) is 10.4 Å². The second-order valence-electron chi connectivity index (χ2n) is 7.20. The number of fused-ring (bicyclic) bond motifs is 1. The molecule has 0 amide bonds. The SMILES string of the molecule is CN=C(NCCc1c[nH]c2ccc(Cl)cc12)N1CCC2(CCOC2)C1. The van der Waals surface area contributed by atoms with E-state index < -0.39 is 0 Å². The fourth-order valence-electron chi connectivity index (χ4n) is 4.09. The molecular formula is C19H25ClN4O. The summed E-state index contributed by atoms with van der Waals surface area (Å²) in [6.07, 6.45) is 5.39. The summed E-state index contributed by atoms with van der Waals surface area (Å²) in [4.78, 5) is 10.2. The molecule has 0 radical (unpaired) electrons. The molecule has 1 aromatic carbocycles. The third-order valence-corrected chi connectivity index (χ3v) is 5.78. The molecule has 1 spiro atoms. The van der Waals surface area contributed by atoms with Crippen molar-refractivity contribution in [2.75, 3.05) is 39.9 Å². The third kappa shape index (κ3) is 3.35. The number of likely N-dealkylation sites (tertiary alicyclic amines) is 1. The number of benzene rings is 1. The lowest BCUT2D eigenvalue weighted by molar-refractivity contribution is 0.156. The third-order valence-electron chi connectivity index (χ3n) is 5.54. The molecule has 134 valence electrons. The molecular weight excluding hydrogens is 336 g/mol. The Morgan fingerprint density at radius 1 is 1.44 bits per heavy atom. The molecule has 1 unspecified atom stereocenters. The van der Waals surface area contributed by atoms with Crippen LogP contribution < -0.4 is 5.32 Å². The molecule has 2 fully saturated rings. The van der Waals surface area contributed by atoms with Crippen LogP contribution in [0.1, 0.15) is 18.4 Å². The highest BCUT2D eigenvalue weighted by Crippen LogP contribution is 2.38. The van der Waals surface area contributed by atoms with E-state index in [0.29, 0.717) is 5.41 Å². The van der Waals surface area contributed by atoms with E-state index in [1.165, 1.54) is 23.8 Å². The molecule has 0 aliphatic carbocycles. The molecule has 1 aromatic heterocycles. The van der Waals surface area contributed by atoms with E-state index in [1.54, 1.807) is 0 Å². The van der Waals surface area contributed by atoms with Crippen molar-refractivity contribution in [2.45, 2.75) is 19.3 Å². The van der Waals surface area contributed by atoms with Crippen LogP contribution in [0.4, 0.5) is 0 Å². The number of hydrogen-bond donors (Lipinski definition) is 2. The zero-order valence-electron chi connectivity index (χ0n) is 14.6. The zero-order valence-corrected chi connectivity index (χ0v) is 15.4. The lowest BCUT2D eigenvalue weighted by Crippen LogP contribution is -2.42. The van der Waals surface area contributed by atoms with Gasteiger partial charge in [0, 0.05) is 60.8 Å². The Hall–Kier alpha value is -1.72. The number of halogens is 1. The normalized spacial score (nSPS) is 23.9. The van der Waals surface area contributed by atoms with E-state index in [2.05, 4.69) is 26.4 Å². The minimum atomic E-state index is 0.352. The number of hydrogen-bond acceptors (Lipinski definition) is 2. The molecule has 2 aromatic rings. The Morgan fingerprint density at radius 2 is 2.36 bits per heavy atom. The first-order valence-electron chi connectivity index (χ1n) is 8.98. The van der Waals surface area contributed by atoms with E-state index in [1.807, 2.05) is 25.2 Å². The average molecular weight is 361 g/mol. The maximum atomic E-state index is 6.13. The molecule has 2 aliphatic heterocycles. The van der Waals surface area contributed by atoms with Gasteiger partial charge in [0.1, 0.15) is 0 Å². The zero-order chi connectivity index (χ0) is 17.3. The van der Waals surface area contributed by atoms with Gasteiger partial charge in [-0.05, 0) is 43.0 Å². The number of nitrogens with zero attached hydrogens (tertiary/aromatic N) is 2. The van der Waals surface area contributed by atoms with Crippen LogP contribution in [-0.2, 0) is 11.2 Å². The van der Waals surface area contributed by atoms with Gasteiger partial charge < -0.3 is 19.9 Å². The van der Waals surface area contributed by atoms with Gasteiger partial charge in [0.2, 0.25) is 0 Å². The number of rotatable bonds is 3. The van der Waals surface area contributed by atoms with E-state index in [4.69, 9.17) is 16.3 Å². The van der Waals surface area contributed by atoms with Crippen LogP contribution in [-0.4, -0.2) is 55.7 Å². The molecule has 6 heteroatoms. The molecule has 2 N–H and O–H groups in total. The first-order chi connectivity index (χ1) is 12.2. The maximum Gasteiger partial charge on any atom is 0.193 e. The number of H-pyrrole nitrogens is 1. The van der Waals surface area contributed by atoms with Crippen LogP contribution in [0, 0.1) is 5.41 Å². The van der Waals surface area contributed by atoms with Crippen LogP contribution in [0.3, 0.4) is 0 Å². The summed E-state index contributed by atoms with van der Waals surface area (Å²) in [6, 6.07) is 5.98. The van der Waals surface area contributed by atoms with Gasteiger partial charge >= 0.3 is 0 Å². The summed E-state index contributed by atoms with van der Waals surface area (Å²) in [5.41, 5.74) is 2.76. The molecule has 5 nitrogen and oxygen atoms in total. The number of guanidine groups is 1. The van der Waals surface area contributed by atoms with Crippen LogP contribution in [0.25, 0.3) is 10.9 Å². The standard InChI is InChI=1S/C19H25ClN4O/c1-21-18(24-8-5-19(12-24)6-9-25-13-19)22-7-4-14-11-23-17-3-2-15(20)10-16(14)17/h2-3,10-11,23H,4-9,12-13H2,1H3,(H,21,22). The van der Waals surface area contributed by atoms with Gasteiger partial charge in [0.05, 0.1) is 6.61 Å². The Labute approximate surface area is 153 Å². The molecule has 25 heavy (non-hydrogen) atoms.